The van der Waals surface area contributed by atoms with Crippen molar-refractivity contribution in [2.24, 2.45) is 0 Å². The van der Waals surface area contributed by atoms with Crippen molar-refractivity contribution in [2.75, 3.05) is 19.7 Å². The van der Waals surface area contributed by atoms with Crippen LogP contribution in [0.25, 0.3) is 0 Å². The summed E-state index contributed by atoms with van der Waals surface area (Å²) in [5.74, 6) is -0.882. The van der Waals surface area contributed by atoms with Gasteiger partial charge in [-0.2, -0.15) is 0 Å². The maximum Gasteiger partial charge on any atom is 0.329 e. The predicted molar refractivity (Wildman–Crippen MR) is 83.4 cm³/mol. The third-order valence-electron chi connectivity index (χ3n) is 4.54. The summed E-state index contributed by atoms with van der Waals surface area (Å²) in [5.41, 5.74) is 2.90. The van der Waals surface area contributed by atoms with E-state index in [1.807, 2.05) is 0 Å². The number of likely N-dealkylation sites (tertiary alicyclic amines) is 1. The van der Waals surface area contributed by atoms with Crippen molar-refractivity contribution in [1.82, 2.24) is 4.90 Å². The Bertz CT molecular complexity index is 526. The zero-order valence-corrected chi connectivity index (χ0v) is 13.5. The quantitative estimate of drug-likeness (QED) is 0.903. The zero-order valence-electron chi connectivity index (χ0n) is 11.9. The predicted octanol–water partition coefficient (Wildman–Crippen LogP) is 3.00. The fourth-order valence-corrected chi connectivity index (χ4v) is 4.09. The number of aliphatic carboxylic acids is 1. The van der Waals surface area contributed by atoms with Gasteiger partial charge in [-0.05, 0) is 42.9 Å². The van der Waals surface area contributed by atoms with Crippen LogP contribution >= 0.6 is 15.9 Å². The molecular formula is C16H20BrNO3. The standard InChI is InChI=1S/C16H20BrNO3/c17-14-3-1-2-13-12(14)4-5-15(13)18-8-6-11(7-9-18)21-10-16(19)20/h1-3,11,15H,4-10H2,(H,19,20). The molecule has 1 atom stereocenters. The summed E-state index contributed by atoms with van der Waals surface area (Å²) in [6.07, 6.45) is 4.26. The van der Waals surface area contributed by atoms with Crippen molar-refractivity contribution in [2.45, 2.75) is 37.8 Å². The van der Waals surface area contributed by atoms with E-state index in [0.29, 0.717) is 6.04 Å². The third kappa shape index (κ3) is 3.30. The van der Waals surface area contributed by atoms with Gasteiger partial charge < -0.3 is 9.84 Å². The number of piperidine rings is 1. The van der Waals surface area contributed by atoms with Gasteiger partial charge in [0, 0.05) is 23.6 Å². The molecule has 1 unspecified atom stereocenters. The summed E-state index contributed by atoms with van der Waals surface area (Å²) in [5, 5.41) is 8.66. The number of hydrogen-bond donors (Lipinski definition) is 1. The van der Waals surface area contributed by atoms with Crippen molar-refractivity contribution in [3.05, 3.63) is 33.8 Å². The first-order chi connectivity index (χ1) is 10.1. The van der Waals surface area contributed by atoms with Gasteiger partial charge in [-0.1, -0.05) is 28.1 Å². The Labute approximate surface area is 133 Å². The second-order valence-corrected chi connectivity index (χ2v) is 6.66. The monoisotopic (exact) mass is 353 g/mol. The largest absolute Gasteiger partial charge is 0.480 e. The van der Waals surface area contributed by atoms with E-state index in [9.17, 15) is 4.79 Å². The van der Waals surface area contributed by atoms with Gasteiger partial charge in [-0.15, -0.1) is 0 Å². The fourth-order valence-electron chi connectivity index (χ4n) is 3.51. The number of ether oxygens (including phenoxy) is 1. The maximum atomic E-state index is 10.5. The first-order valence-corrected chi connectivity index (χ1v) is 8.29. The average Bonchev–Trinajstić information content (AvgIpc) is 2.91. The van der Waals surface area contributed by atoms with E-state index >= 15 is 0 Å². The van der Waals surface area contributed by atoms with Gasteiger partial charge in [-0.25, -0.2) is 4.79 Å². The normalized spacial score (nSPS) is 23.2. The van der Waals surface area contributed by atoms with Crippen LogP contribution in [0.4, 0.5) is 0 Å². The summed E-state index contributed by atoms with van der Waals surface area (Å²) >= 11 is 3.65. The lowest BCUT2D eigenvalue weighted by molar-refractivity contribution is -0.145. The molecule has 3 rings (SSSR count). The minimum atomic E-state index is -0.882. The third-order valence-corrected chi connectivity index (χ3v) is 5.28. The van der Waals surface area contributed by atoms with Crippen LogP contribution < -0.4 is 0 Å². The maximum absolute atomic E-state index is 10.5. The van der Waals surface area contributed by atoms with Gasteiger partial charge in [0.15, 0.2) is 0 Å². The Morgan fingerprint density at radius 1 is 1.33 bits per heavy atom. The van der Waals surface area contributed by atoms with Crippen molar-refractivity contribution < 1.29 is 14.6 Å². The lowest BCUT2D eigenvalue weighted by Gasteiger charge is -2.36. The molecule has 1 N–H and O–H groups in total. The van der Waals surface area contributed by atoms with Crippen LogP contribution in [0.15, 0.2) is 22.7 Å². The molecule has 1 aliphatic heterocycles. The van der Waals surface area contributed by atoms with E-state index in [2.05, 4.69) is 39.0 Å². The molecule has 21 heavy (non-hydrogen) atoms. The van der Waals surface area contributed by atoms with Crippen LogP contribution in [0.2, 0.25) is 0 Å². The van der Waals surface area contributed by atoms with Gasteiger partial charge in [-0.3, -0.25) is 4.90 Å². The Balaban J connectivity index is 1.59. The second-order valence-electron chi connectivity index (χ2n) is 5.80. The Morgan fingerprint density at radius 3 is 2.81 bits per heavy atom. The first-order valence-electron chi connectivity index (χ1n) is 7.50. The zero-order chi connectivity index (χ0) is 14.8. The highest BCUT2D eigenvalue weighted by molar-refractivity contribution is 9.10. The average molecular weight is 354 g/mol. The van der Waals surface area contributed by atoms with Gasteiger partial charge in [0.05, 0.1) is 6.10 Å². The van der Waals surface area contributed by atoms with Gasteiger partial charge in [0.25, 0.3) is 0 Å². The number of rotatable bonds is 4. The molecule has 0 saturated carbocycles. The lowest BCUT2D eigenvalue weighted by Crippen LogP contribution is -2.39. The smallest absolute Gasteiger partial charge is 0.329 e. The number of carboxylic acids is 1. The van der Waals surface area contributed by atoms with Crippen LogP contribution in [0.3, 0.4) is 0 Å². The molecule has 0 amide bonds. The van der Waals surface area contributed by atoms with E-state index in [4.69, 9.17) is 9.84 Å². The van der Waals surface area contributed by atoms with Gasteiger partial charge in [0.1, 0.15) is 6.61 Å². The van der Waals surface area contributed by atoms with Gasteiger partial charge in [0.2, 0.25) is 0 Å². The highest BCUT2D eigenvalue weighted by Crippen LogP contribution is 2.40. The molecule has 1 aromatic carbocycles. The molecule has 2 aliphatic rings. The molecule has 1 heterocycles. The SMILES string of the molecule is O=C(O)COC1CCN(C2CCc3c(Br)cccc32)CC1. The molecule has 4 nitrogen and oxygen atoms in total. The molecule has 5 heteroatoms. The number of fused-ring (bicyclic) bond motifs is 1. The number of nitrogens with zero attached hydrogens (tertiary/aromatic N) is 1. The van der Waals surface area contributed by atoms with Crippen LogP contribution in [-0.2, 0) is 16.0 Å². The molecule has 1 aromatic rings. The summed E-state index contributed by atoms with van der Waals surface area (Å²) in [6.45, 7) is 1.80. The van der Waals surface area contributed by atoms with E-state index < -0.39 is 5.97 Å². The molecule has 0 aromatic heterocycles. The number of hydrogen-bond acceptors (Lipinski definition) is 3. The molecule has 0 spiro atoms. The molecule has 0 radical (unpaired) electrons. The molecular weight excluding hydrogens is 334 g/mol. The van der Waals surface area contributed by atoms with Crippen LogP contribution in [0.1, 0.15) is 36.4 Å². The lowest BCUT2D eigenvalue weighted by atomic mass is 10.0. The van der Waals surface area contributed by atoms with Gasteiger partial charge >= 0.3 is 5.97 Å². The minimum Gasteiger partial charge on any atom is -0.480 e. The molecule has 1 aliphatic carbocycles. The Hall–Kier alpha value is -0.910. The Kier molecular flexibility index (Phi) is 4.62. The van der Waals surface area contributed by atoms with Crippen molar-refractivity contribution >= 4 is 21.9 Å². The second kappa shape index (κ2) is 6.46. The van der Waals surface area contributed by atoms with Crippen molar-refractivity contribution in [3.63, 3.8) is 0 Å². The fraction of sp³-hybridized carbons (Fsp3) is 0.562. The highest BCUT2D eigenvalue weighted by Gasteiger charge is 2.31. The Morgan fingerprint density at radius 2 is 2.10 bits per heavy atom. The highest BCUT2D eigenvalue weighted by atomic mass is 79.9. The summed E-state index contributed by atoms with van der Waals surface area (Å²) in [7, 11) is 0. The topological polar surface area (TPSA) is 49.8 Å². The molecule has 114 valence electrons. The minimum absolute atomic E-state index is 0.0979. The van der Waals surface area contributed by atoms with Crippen LogP contribution in [0.5, 0.6) is 0 Å². The summed E-state index contributed by atoms with van der Waals surface area (Å²) in [4.78, 5) is 13.1. The summed E-state index contributed by atoms with van der Waals surface area (Å²) < 4.78 is 6.63. The number of carboxylic acid groups (broad SMARTS) is 1. The number of benzene rings is 1. The van der Waals surface area contributed by atoms with Crippen LogP contribution in [0, 0.1) is 0 Å². The van der Waals surface area contributed by atoms with E-state index in [-0.39, 0.29) is 12.7 Å². The van der Waals surface area contributed by atoms with E-state index in [1.54, 1.807) is 0 Å². The van der Waals surface area contributed by atoms with Crippen LogP contribution in [-0.4, -0.2) is 41.8 Å². The summed E-state index contributed by atoms with van der Waals surface area (Å²) in [6, 6.07) is 6.99. The van der Waals surface area contributed by atoms with E-state index in [1.165, 1.54) is 22.0 Å². The molecule has 1 fully saturated rings. The van der Waals surface area contributed by atoms with Crippen molar-refractivity contribution in [3.8, 4) is 0 Å². The molecule has 1 saturated heterocycles. The first kappa shape index (κ1) is 15.0. The molecule has 0 bridgehead atoms. The number of carbonyl (C=O) groups is 1. The van der Waals surface area contributed by atoms with Crippen molar-refractivity contribution in [1.29, 1.82) is 0 Å². The number of halogens is 1. The van der Waals surface area contributed by atoms with E-state index in [0.717, 1.165) is 32.4 Å².